The van der Waals surface area contributed by atoms with Crippen molar-refractivity contribution < 1.29 is 53.7 Å². The van der Waals surface area contributed by atoms with Gasteiger partial charge >= 0.3 is 5.97 Å². The number of phenolic OH excluding ortho intramolecular Hbond substituents is 2. The van der Waals surface area contributed by atoms with Gasteiger partial charge in [-0.15, -0.1) is 0 Å². The fourth-order valence-electron chi connectivity index (χ4n) is 6.38. The number of carbonyl (C=O) groups is 8. The molecule has 0 spiro atoms. The number of benzene rings is 2. The van der Waals surface area contributed by atoms with Crippen LogP contribution in [0.4, 0.5) is 0 Å². The molecule has 1 fully saturated rings. The number of aromatic amines is 1. The molecule has 21 nitrogen and oxygen atoms in total. The summed E-state index contributed by atoms with van der Waals surface area (Å²) < 4.78 is 0. The van der Waals surface area contributed by atoms with Crippen LogP contribution in [0.2, 0.25) is 0 Å². The van der Waals surface area contributed by atoms with E-state index in [-0.39, 0.29) is 56.6 Å². The zero-order chi connectivity index (χ0) is 43.9. The number of carboxylic acid groups (broad SMARTS) is 1. The summed E-state index contributed by atoms with van der Waals surface area (Å²) in [6.45, 7) is 1.04. The van der Waals surface area contributed by atoms with Gasteiger partial charge in [-0.1, -0.05) is 24.3 Å². The molecule has 3 aromatic rings. The number of imidazole rings is 1. The number of hydrogen-bond donors (Lipinski definition) is 11. The number of carbonyl (C=O) groups excluding carboxylic acids is 7. The molecule has 6 atom stereocenters. The molecule has 1 aromatic heterocycles. The number of aliphatic carboxylic acids is 1. The van der Waals surface area contributed by atoms with Crippen LogP contribution in [0.3, 0.4) is 0 Å². The minimum atomic E-state index is -1.47. The van der Waals surface area contributed by atoms with Gasteiger partial charge in [-0.25, -0.2) is 9.78 Å². The first-order valence-corrected chi connectivity index (χ1v) is 19.1. The number of carboxylic acids is 1. The molecule has 1 saturated heterocycles. The molecule has 2 aromatic carbocycles. The molecule has 0 unspecified atom stereocenters. The topological polar surface area (TPSA) is 341 Å². The van der Waals surface area contributed by atoms with E-state index in [2.05, 4.69) is 36.6 Å². The molecular weight excluding hydrogens is 784 g/mol. The average Bonchev–Trinajstić information content (AvgIpc) is 3.92. The zero-order valence-electron chi connectivity index (χ0n) is 32.8. The van der Waals surface area contributed by atoms with E-state index in [1.807, 2.05) is 0 Å². The number of likely N-dealkylation sites (tertiary alicyclic amines) is 1. The van der Waals surface area contributed by atoms with Crippen molar-refractivity contribution in [3.8, 4) is 11.5 Å². The maximum absolute atomic E-state index is 13.9. The maximum Gasteiger partial charge on any atom is 0.326 e. The normalized spacial score (nSPS) is 16.0. The Morgan fingerprint density at radius 3 is 1.98 bits per heavy atom. The number of nitrogens with zero attached hydrogens (tertiary/aromatic N) is 2. The summed E-state index contributed by atoms with van der Waals surface area (Å²) in [5, 5.41) is 41.5. The highest BCUT2D eigenvalue weighted by molar-refractivity contribution is 5.96. The Kier molecular flexibility index (Phi) is 16.5. The van der Waals surface area contributed by atoms with Crippen molar-refractivity contribution in [2.24, 2.45) is 11.5 Å². The molecule has 2 heterocycles. The lowest BCUT2D eigenvalue weighted by atomic mass is 10.0. The average molecular weight is 835 g/mol. The Bertz CT molecular complexity index is 1990. The number of hydrogen-bond acceptors (Lipinski definition) is 12. The molecule has 1 aliphatic heterocycles. The van der Waals surface area contributed by atoms with Crippen molar-refractivity contribution in [2.75, 3.05) is 13.1 Å². The van der Waals surface area contributed by atoms with Crippen LogP contribution >= 0.6 is 0 Å². The Morgan fingerprint density at radius 2 is 1.40 bits per heavy atom. The molecule has 4 rings (SSSR count). The second kappa shape index (κ2) is 21.6. The highest BCUT2D eigenvalue weighted by Crippen LogP contribution is 2.19. The van der Waals surface area contributed by atoms with Crippen LogP contribution in [0.15, 0.2) is 61.1 Å². The number of rotatable bonds is 21. The fourth-order valence-corrected chi connectivity index (χ4v) is 6.38. The maximum atomic E-state index is 13.9. The minimum Gasteiger partial charge on any atom is -0.508 e. The van der Waals surface area contributed by atoms with E-state index in [4.69, 9.17) is 11.5 Å². The molecule has 322 valence electrons. The number of aromatic hydroxyl groups is 2. The monoisotopic (exact) mass is 834 g/mol. The van der Waals surface area contributed by atoms with E-state index in [1.54, 1.807) is 12.1 Å². The molecule has 1 aliphatic rings. The summed E-state index contributed by atoms with van der Waals surface area (Å²) in [6, 6.07) is 4.43. The summed E-state index contributed by atoms with van der Waals surface area (Å²) in [6.07, 6.45) is 2.47. The molecular formula is C39H50N10O11. The van der Waals surface area contributed by atoms with E-state index in [0.29, 0.717) is 23.2 Å². The third-order valence-electron chi connectivity index (χ3n) is 9.69. The van der Waals surface area contributed by atoms with Gasteiger partial charge in [-0.3, -0.25) is 33.6 Å². The number of nitrogens with one attached hydrogen (secondary N) is 6. The fraction of sp³-hybridized carbons (Fsp3) is 0.410. The van der Waals surface area contributed by atoms with E-state index < -0.39 is 90.1 Å². The quantitative estimate of drug-likeness (QED) is 0.0534. The number of amides is 7. The lowest BCUT2D eigenvalue weighted by Gasteiger charge is -2.28. The first kappa shape index (κ1) is 45.7. The SMILES string of the molecule is C[C@H](NC(=O)[C@@H](N)Cc1ccc(O)cc1)C(=O)NCC(=O)N1CCC[C@H]1C(=O)N[C@@H](Cc1ccc(O)cc1)C(=O)N[C@@H](CCC(N)=O)C(=O)N[C@@H](Cc1cnc[nH]1)C(=O)O. The number of nitrogens with two attached hydrogens (primary N) is 2. The van der Waals surface area contributed by atoms with Gasteiger partial charge in [0.2, 0.25) is 41.4 Å². The van der Waals surface area contributed by atoms with Gasteiger partial charge < -0.3 is 63.3 Å². The number of H-pyrrole nitrogens is 1. The zero-order valence-corrected chi connectivity index (χ0v) is 32.8. The minimum absolute atomic E-state index is 0.0548. The van der Waals surface area contributed by atoms with Crippen LogP contribution in [0.5, 0.6) is 11.5 Å². The van der Waals surface area contributed by atoms with Gasteiger partial charge in [0.1, 0.15) is 41.7 Å². The van der Waals surface area contributed by atoms with Crippen LogP contribution in [-0.4, -0.2) is 127 Å². The highest BCUT2D eigenvalue weighted by atomic mass is 16.4. The molecule has 0 saturated carbocycles. The Hall–Kier alpha value is -7.03. The second-order valence-electron chi connectivity index (χ2n) is 14.3. The summed E-state index contributed by atoms with van der Waals surface area (Å²) in [4.78, 5) is 111. The van der Waals surface area contributed by atoms with Gasteiger partial charge in [0.05, 0.1) is 18.9 Å². The molecule has 21 heteroatoms. The van der Waals surface area contributed by atoms with Crippen molar-refractivity contribution in [3.63, 3.8) is 0 Å². The van der Waals surface area contributed by atoms with E-state index >= 15 is 0 Å². The van der Waals surface area contributed by atoms with Crippen molar-refractivity contribution >= 4 is 47.3 Å². The van der Waals surface area contributed by atoms with Crippen LogP contribution in [0.1, 0.15) is 49.4 Å². The predicted molar refractivity (Wildman–Crippen MR) is 211 cm³/mol. The van der Waals surface area contributed by atoms with Gasteiger partial charge in [0.15, 0.2) is 0 Å². The lowest BCUT2D eigenvalue weighted by Crippen LogP contribution is -2.58. The standard InChI is InChI=1S/C39H50N10O11/c1-21(45-35(55)27(40)15-22-4-8-25(50)9-5-22)34(54)43-19-33(53)49-14-2-3-31(49)38(58)47-29(16-23-6-10-26(51)11-7-23)37(57)46-28(12-13-32(41)52)36(56)48-30(39(59)60)17-24-18-42-20-44-24/h4-11,18,20-21,27-31,50-51H,2-3,12-17,19,40H2,1H3,(H2,41,52)(H,42,44)(H,43,54)(H,45,55)(H,46,57)(H,47,58)(H,48,56)(H,59,60)/t21-,27-,28-,29-,30-,31-/m0/s1. The van der Waals surface area contributed by atoms with Crippen molar-refractivity contribution in [1.82, 2.24) is 41.5 Å². The van der Waals surface area contributed by atoms with E-state index in [1.165, 1.54) is 60.7 Å². The van der Waals surface area contributed by atoms with Gasteiger partial charge in [-0.2, -0.15) is 0 Å². The van der Waals surface area contributed by atoms with Crippen LogP contribution in [-0.2, 0) is 57.6 Å². The third kappa shape index (κ3) is 13.8. The third-order valence-corrected chi connectivity index (χ3v) is 9.69. The summed E-state index contributed by atoms with van der Waals surface area (Å²) in [5.41, 5.74) is 12.9. The molecule has 7 amide bonds. The van der Waals surface area contributed by atoms with Crippen LogP contribution in [0.25, 0.3) is 0 Å². The highest BCUT2D eigenvalue weighted by Gasteiger charge is 2.37. The van der Waals surface area contributed by atoms with E-state index in [0.717, 1.165) is 0 Å². The number of aromatic nitrogens is 2. The van der Waals surface area contributed by atoms with Crippen molar-refractivity contribution in [3.05, 3.63) is 77.9 Å². The first-order chi connectivity index (χ1) is 28.5. The summed E-state index contributed by atoms with van der Waals surface area (Å²) in [5.74, 6) is -6.65. The smallest absolute Gasteiger partial charge is 0.326 e. The molecule has 0 bridgehead atoms. The lowest BCUT2D eigenvalue weighted by molar-refractivity contribution is -0.142. The largest absolute Gasteiger partial charge is 0.508 e. The molecule has 0 radical (unpaired) electrons. The van der Waals surface area contributed by atoms with Crippen molar-refractivity contribution in [2.45, 2.75) is 88.1 Å². The van der Waals surface area contributed by atoms with Gasteiger partial charge in [0.25, 0.3) is 0 Å². The summed E-state index contributed by atoms with van der Waals surface area (Å²) >= 11 is 0. The number of primary amides is 1. The molecule has 60 heavy (non-hydrogen) atoms. The number of phenols is 2. The van der Waals surface area contributed by atoms with Gasteiger partial charge in [0, 0.05) is 37.7 Å². The Morgan fingerprint density at radius 1 is 0.800 bits per heavy atom. The first-order valence-electron chi connectivity index (χ1n) is 19.1. The predicted octanol–water partition coefficient (Wildman–Crippen LogP) is -2.41. The van der Waals surface area contributed by atoms with Crippen molar-refractivity contribution in [1.29, 1.82) is 0 Å². The van der Waals surface area contributed by atoms with E-state index in [9.17, 15) is 53.7 Å². The van der Waals surface area contributed by atoms with Gasteiger partial charge in [-0.05, 0) is 68.0 Å². The molecule has 0 aliphatic carbocycles. The molecule has 13 N–H and O–H groups in total. The van der Waals surface area contributed by atoms with Crippen LogP contribution < -0.4 is 38.1 Å². The van der Waals surface area contributed by atoms with Crippen LogP contribution in [0, 0.1) is 0 Å². The Balaban J connectivity index is 1.40. The second-order valence-corrected chi connectivity index (χ2v) is 14.3. The summed E-state index contributed by atoms with van der Waals surface area (Å²) in [7, 11) is 0. The Labute approximate surface area is 344 Å².